The van der Waals surface area contributed by atoms with Crippen molar-refractivity contribution in [2.45, 2.75) is 33.1 Å². The highest BCUT2D eigenvalue weighted by molar-refractivity contribution is 4.54. The first-order valence-electron chi connectivity index (χ1n) is 4.77. The summed E-state index contributed by atoms with van der Waals surface area (Å²) in [6.07, 6.45) is 3.68. The molecule has 0 radical (unpaired) electrons. The van der Waals surface area contributed by atoms with Crippen LogP contribution in [0.5, 0.6) is 0 Å². The Morgan fingerprint density at radius 2 is 1.82 bits per heavy atom. The molecule has 0 heterocycles. The van der Waals surface area contributed by atoms with Crippen molar-refractivity contribution in [3.05, 3.63) is 0 Å². The summed E-state index contributed by atoms with van der Waals surface area (Å²) in [5.41, 5.74) is 5.41. The average molecular weight is 158 g/mol. The Kier molecular flexibility index (Phi) is 7.96. The van der Waals surface area contributed by atoms with E-state index in [1.165, 1.54) is 38.9 Å². The molecule has 0 unspecified atom stereocenters. The fraction of sp³-hybridized carbons (Fsp3) is 1.00. The summed E-state index contributed by atoms with van der Waals surface area (Å²) in [6.45, 7) is 8.92. The molecule has 68 valence electrons. The number of nitrogens with zero attached hydrogens (tertiary/aromatic N) is 1. The van der Waals surface area contributed by atoms with E-state index in [4.69, 9.17) is 5.73 Å². The molecule has 0 aliphatic heterocycles. The SMILES string of the molecule is CCCN(CC)CCCCN. The van der Waals surface area contributed by atoms with Crippen LogP contribution in [-0.2, 0) is 0 Å². The lowest BCUT2D eigenvalue weighted by atomic mass is 10.3. The van der Waals surface area contributed by atoms with E-state index in [1.807, 2.05) is 0 Å². The quantitative estimate of drug-likeness (QED) is 0.568. The zero-order chi connectivity index (χ0) is 8.53. The van der Waals surface area contributed by atoms with E-state index < -0.39 is 0 Å². The van der Waals surface area contributed by atoms with Gasteiger partial charge in [0.05, 0.1) is 0 Å². The van der Waals surface area contributed by atoms with E-state index >= 15 is 0 Å². The van der Waals surface area contributed by atoms with Gasteiger partial charge in [-0.1, -0.05) is 13.8 Å². The van der Waals surface area contributed by atoms with E-state index in [1.54, 1.807) is 0 Å². The summed E-state index contributed by atoms with van der Waals surface area (Å²) in [6, 6.07) is 0. The van der Waals surface area contributed by atoms with Crippen LogP contribution in [0.1, 0.15) is 33.1 Å². The minimum absolute atomic E-state index is 0.837. The minimum Gasteiger partial charge on any atom is -0.330 e. The fourth-order valence-corrected chi connectivity index (χ4v) is 1.22. The molecule has 0 aliphatic carbocycles. The van der Waals surface area contributed by atoms with Crippen LogP contribution in [0.4, 0.5) is 0 Å². The van der Waals surface area contributed by atoms with Gasteiger partial charge in [-0.05, 0) is 45.4 Å². The zero-order valence-corrected chi connectivity index (χ0v) is 7.97. The van der Waals surface area contributed by atoms with Crippen molar-refractivity contribution in [2.75, 3.05) is 26.2 Å². The maximum atomic E-state index is 5.41. The summed E-state index contributed by atoms with van der Waals surface area (Å²) in [7, 11) is 0. The van der Waals surface area contributed by atoms with Crippen LogP contribution in [0.25, 0.3) is 0 Å². The van der Waals surface area contributed by atoms with Gasteiger partial charge in [-0.3, -0.25) is 0 Å². The molecule has 0 saturated heterocycles. The van der Waals surface area contributed by atoms with Gasteiger partial charge in [0.1, 0.15) is 0 Å². The zero-order valence-electron chi connectivity index (χ0n) is 7.97. The maximum absolute atomic E-state index is 5.41. The number of rotatable bonds is 7. The second kappa shape index (κ2) is 8.02. The standard InChI is InChI=1S/C9H22N2/c1-3-8-11(4-2)9-6-5-7-10/h3-10H2,1-2H3. The van der Waals surface area contributed by atoms with Crippen molar-refractivity contribution in [2.24, 2.45) is 5.73 Å². The molecule has 0 spiro atoms. The molecule has 2 N–H and O–H groups in total. The Morgan fingerprint density at radius 3 is 2.27 bits per heavy atom. The Balaban J connectivity index is 3.20. The summed E-state index contributed by atoms with van der Waals surface area (Å²) in [5, 5.41) is 0. The Labute approximate surface area is 70.8 Å². The van der Waals surface area contributed by atoms with Gasteiger partial charge in [0.25, 0.3) is 0 Å². The van der Waals surface area contributed by atoms with Gasteiger partial charge in [0.2, 0.25) is 0 Å². The van der Waals surface area contributed by atoms with Gasteiger partial charge < -0.3 is 10.6 Å². The van der Waals surface area contributed by atoms with E-state index in [9.17, 15) is 0 Å². The smallest absolute Gasteiger partial charge is 0.00184 e. The molecule has 0 amide bonds. The second-order valence-electron chi connectivity index (χ2n) is 2.93. The normalized spacial score (nSPS) is 10.9. The first-order valence-corrected chi connectivity index (χ1v) is 4.77. The molecule has 0 aromatic carbocycles. The van der Waals surface area contributed by atoms with Crippen molar-refractivity contribution in [3.63, 3.8) is 0 Å². The maximum Gasteiger partial charge on any atom is -0.00184 e. The second-order valence-corrected chi connectivity index (χ2v) is 2.93. The van der Waals surface area contributed by atoms with Crippen molar-refractivity contribution in [1.29, 1.82) is 0 Å². The van der Waals surface area contributed by atoms with Crippen LogP contribution in [0.3, 0.4) is 0 Å². The van der Waals surface area contributed by atoms with Gasteiger partial charge >= 0.3 is 0 Å². The lowest BCUT2D eigenvalue weighted by Crippen LogP contribution is -2.25. The molecular formula is C9H22N2. The highest BCUT2D eigenvalue weighted by Gasteiger charge is 1.98. The minimum atomic E-state index is 0.837. The lowest BCUT2D eigenvalue weighted by molar-refractivity contribution is 0.283. The highest BCUT2D eigenvalue weighted by atomic mass is 15.1. The number of hydrogen-bond donors (Lipinski definition) is 1. The monoisotopic (exact) mass is 158 g/mol. The molecule has 0 aliphatic rings. The largest absolute Gasteiger partial charge is 0.330 e. The Bertz CT molecular complexity index is 74.0. The van der Waals surface area contributed by atoms with Crippen molar-refractivity contribution in [3.8, 4) is 0 Å². The van der Waals surface area contributed by atoms with E-state index in [-0.39, 0.29) is 0 Å². The van der Waals surface area contributed by atoms with Crippen molar-refractivity contribution >= 4 is 0 Å². The third kappa shape index (κ3) is 6.32. The van der Waals surface area contributed by atoms with Crippen molar-refractivity contribution < 1.29 is 0 Å². The average Bonchev–Trinajstić information content (AvgIpc) is 2.03. The predicted octanol–water partition coefficient (Wildman–Crippen LogP) is 1.46. The molecule has 0 atom stereocenters. The molecule has 0 fully saturated rings. The van der Waals surface area contributed by atoms with Gasteiger partial charge in [0.15, 0.2) is 0 Å². The summed E-state index contributed by atoms with van der Waals surface area (Å²) in [5.74, 6) is 0. The Morgan fingerprint density at radius 1 is 1.09 bits per heavy atom. The lowest BCUT2D eigenvalue weighted by Gasteiger charge is -2.18. The molecule has 11 heavy (non-hydrogen) atoms. The van der Waals surface area contributed by atoms with Crippen LogP contribution < -0.4 is 5.73 Å². The van der Waals surface area contributed by atoms with E-state index in [0.29, 0.717) is 0 Å². The number of unbranched alkanes of at least 4 members (excludes halogenated alkanes) is 1. The van der Waals surface area contributed by atoms with Crippen LogP contribution in [0, 0.1) is 0 Å². The first-order chi connectivity index (χ1) is 5.35. The molecule has 0 rings (SSSR count). The van der Waals surface area contributed by atoms with Gasteiger partial charge in [-0.15, -0.1) is 0 Å². The predicted molar refractivity (Wildman–Crippen MR) is 50.7 cm³/mol. The Hall–Kier alpha value is -0.0800. The van der Waals surface area contributed by atoms with Gasteiger partial charge in [-0.2, -0.15) is 0 Å². The topological polar surface area (TPSA) is 29.3 Å². The van der Waals surface area contributed by atoms with Crippen LogP contribution in [-0.4, -0.2) is 31.1 Å². The van der Waals surface area contributed by atoms with E-state index in [0.717, 1.165) is 6.54 Å². The van der Waals surface area contributed by atoms with E-state index in [2.05, 4.69) is 18.7 Å². The molecule has 0 aromatic rings. The summed E-state index contributed by atoms with van der Waals surface area (Å²) < 4.78 is 0. The number of hydrogen-bond acceptors (Lipinski definition) is 2. The molecule has 0 aromatic heterocycles. The molecule has 2 nitrogen and oxygen atoms in total. The first kappa shape index (κ1) is 10.9. The fourth-order valence-electron chi connectivity index (χ4n) is 1.22. The van der Waals surface area contributed by atoms with Crippen LogP contribution in [0.15, 0.2) is 0 Å². The molecular weight excluding hydrogens is 136 g/mol. The summed E-state index contributed by atoms with van der Waals surface area (Å²) in [4.78, 5) is 2.48. The van der Waals surface area contributed by atoms with Gasteiger partial charge in [0, 0.05) is 0 Å². The highest BCUT2D eigenvalue weighted by Crippen LogP contribution is 1.95. The van der Waals surface area contributed by atoms with Crippen molar-refractivity contribution in [1.82, 2.24) is 4.90 Å². The summed E-state index contributed by atoms with van der Waals surface area (Å²) >= 11 is 0. The molecule has 0 bridgehead atoms. The number of nitrogens with two attached hydrogens (primary N) is 1. The van der Waals surface area contributed by atoms with Crippen LogP contribution >= 0.6 is 0 Å². The molecule has 0 saturated carbocycles. The molecule has 2 heteroatoms. The third-order valence-corrected chi connectivity index (χ3v) is 1.92. The van der Waals surface area contributed by atoms with Gasteiger partial charge in [-0.25, -0.2) is 0 Å². The third-order valence-electron chi connectivity index (χ3n) is 1.92. The van der Waals surface area contributed by atoms with Crippen LogP contribution in [0.2, 0.25) is 0 Å².